The van der Waals surface area contributed by atoms with Crippen LogP contribution in [-0.2, 0) is 17.9 Å². The van der Waals surface area contributed by atoms with Crippen molar-refractivity contribution in [2.75, 3.05) is 0 Å². The molecule has 4 N–H and O–H groups in total. The summed E-state index contributed by atoms with van der Waals surface area (Å²) in [6.07, 6.45) is 2.04. The van der Waals surface area contributed by atoms with Crippen molar-refractivity contribution in [1.82, 2.24) is 14.5 Å². The molecular weight excluding hydrogens is 416 g/mol. The number of hydrogen-bond donors (Lipinski definition) is 2. The van der Waals surface area contributed by atoms with E-state index in [2.05, 4.69) is 50.6 Å². The van der Waals surface area contributed by atoms with Gasteiger partial charge in [-0.1, -0.05) is 48.5 Å². The maximum Gasteiger partial charge on any atom is 0.275 e. The predicted octanol–water partition coefficient (Wildman–Crippen LogP) is 2.09. The normalized spacial score (nSPS) is 10.7. The smallest absolute Gasteiger partial charge is 0.275 e. The molecule has 7 heteroatoms. The van der Waals surface area contributed by atoms with Crippen LogP contribution < -0.4 is 16.4 Å². The molecule has 5 rings (SSSR count). The van der Waals surface area contributed by atoms with Crippen LogP contribution in [0.2, 0.25) is 0 Å². The molecule has 0 spiro atoms. The third kappa shape index (κ3) is 4.83. The van der Waals surface area contributed by atoms with E-state index >= 15 is 0 Å². The molecule has 0 bridgehead atoms. The largest absolute Gasteiger partial charge is 0.550 e. The van der Waals surface area contributed by atoms with Gasteiger partial charge in [-0.25, -0.2) is 4.98 Å². The van der Waals surface area contributed by atoms with E-state index in [1.54, 1.807) is 0 Å². The molecule has 5 aromatic rings. The van der Waals surface area contributed by atoms with Gasteiger partial charge in [0.05, 0.1) is 17.6 Å². The summed E-state index contributed by atoms with van der Waals surface area (Å²) < 4.78 is 2.18. The molecule has 0 amide bonds. The number of quaternary nitrogens is 1. The molecule has 0 saturated heterocycles. The first-order valence-corrected chi connectivity index (χ1v) is 10.6. The summed E-state index contributed by atoms with van der Waals surface area (Å²) in [6.45, 7) is 2.46. The zero-order valence-corrected chi connectivity index (χ0v) is 18.2. The van der Waals surface area contributed by atoms with E-state index < -0.39 is 5.97 Å². The van der Waals surface area contributed by atoms with E-state index in [1.807, 2.05) is 48.7 Å². The number of carboxylic acids is 1. The Morgan fingerprint density at radius 1 is 1.03 bits per heavy atom. The van der Waals surface area contributed by atoms with Crippen molar-refractivity contribution in [2.45, 2.75) is 20.0 Å². The van der Waals surface area contributed by atoms with Gasteiger partial charge in [-0.15, -0.1) is 0 Å². The van der Waals surface area contributed by atoms with Crippen LogP contribution >= 0.6 is 0 Å². The van der Waals surface area contributed by atoms with Crippen LogP contribution in [0.25, 0.3) is 33.2 Å². The lowest BCUT2D eigenvalue weighted by atomic mass is 10.1. The molecule has 166 valence electrons. The van der Waals surface area contributed by atoms with E-state index in [1.165, 1.54) is 11.1 Å². The monoisotopic (exact) mass is 440 g/mol. The van der Waals surface area contributed by atoms with E-state index in [4.69, 9.17) is 9.90 Å². The molecule has 3 aromatic carbocycles. The molecule has 0 atom stereocenters. The molecule has 0 unspecified atom stereocenters. The second-order valence-corrected chi connectivity index (χ2v) is 7.68. The van der Waals surface area contributed by atoms with Crippen LogP contribution in [0, 0.1) is 0 Å². The summed E-state index contributed by atoms with van der Waals surface area (Å²) >= 11 is 0. The lowest BCUT2D eigenvalue weighted by molar-refractivity contribution is -0.386. The number of hydrogen-bond acceptors (Lipinski definition) is 4. The number of nitrogens with zero attached hydrogens (tertiary/aromatic N) is 2. The van der Waals surface area contributed by atoms with E-state index in [0.29, 0.717) is 5.69 Å². The Balaban J connectivity index is 0.000000601. The molecule has 0 radical (unpaired) electrons. The van der Waals surface area contributed by atoms with Crippen LogP contribution in [0.5, 0.6) is 0 Å². The van der Waals surface area contributed by atoms with Gasteiger partial charge in [-0.05, 0) is 36.8 Å². The highest BCUT2D eigenvalue weighted by molar-refractivity contribution is 5.95. The number of aromatic nitrogens is 3. The Morgan fingerprint density at radius 3 is 2.52 bits per heavy atom. The van der Waals surface area contributed by atoms with Gasteiger partial charge in [0.15, 0.2) is 0 Å². The molecule has 2 heterocycles. The number of carboxylic acid groups (broad SMARTS) is 1. The Bertz CT molecular complexity index is 1500. The molecular formula is C26H24N4O3. The van der Waals surface area contributed by atoms with Crippen molar-refractivity contribution in [3.8, 4) is 11.3 Å². The molecule has 33 heavy (non-hydrogen) atoms. The van der Waals surface area contributed by atoms with Crippen LogP contribution in [0.1, 0.15) is 18.1 Å². The number of rotatable bonds is 4. The number of carbonyl (C=O) groups is 1. The number of para-hydroxylation sites is 3. The third-order valence-corrected chi connectivity index (χ3v) is 5.28. The van der Waals surface area contributed by atoms with Crippen molar-refractivity contribution in [1.29, 1.82) is 0 Å². The summed E-state index contributed by atoms with van der Waals surface area (Å²) in [5, 5.41) is 9.91. The van der Waals surface area contributed by atoms with E-state index in [0.717, 1.165) is 47.5 Å². The van der Waals surface area contributed by atoms with Gasteiger partial charge in [0.25, 0.3) is 5.56 Å². The summed E-state index contributed by atoms with van der Waals surface area (Å²) in [5.41, 5.74) is 10.1. The fraction of sp³-hybridized carbons (Fsp3) is 0.115. The molecule has 2 aromatic heterocycles. The van der Waals surface area contributed by atoms with Crippen molar-refractivity contribution in [3.63, 3.8) is 0 Å². The van der Waals surface area contributed by atoms with Gasteiger partial charge < -0.3 is 25.2 Å². The zero-order chi connectivity index (χ0) is 23.4. The van der Waals surface area contributed by atoms with Crippen LogP contribution in [0.3, 0.4) is 0 Å². The van der Waals surface area contributed by atoms with Crippen molar-refractivity contribution in [2.24, 2.45) is 0 Å². The summed E-state index contributed by atoms with van der Waals surface area (Å²) in [7, 11) is 0. The SMILES string of the molecule is CC(=O)[O-].[NH3+]Cc1cccc(Cn2cc(-c3nc4ccccc4[nH]c3=O)c3ccccc32)c1. The topological polar surface area (TPSA) is 118 Å². The van der Waals surface area contributed by atoms with Gasteiger partial charge in [0.2, 0.25) is 0 Å². The first-order valence-electron chi connectivity index (χ1n) is 10.6. The number of benzene rings is 3. The number of carbonyl (C=O) groups excluding carboxylic acids is 1. The van der Waals surface area contributed by atoms with E-state index in [-0.39, 0.29) is 5.56 Å². The summed E-state index contributed by atoms with van der Waals surface area (Å²) in [4.78, 5) is 29.3. The molecule has 0 aliphatic rings. The van der Waals surface area contributed by atoms with Crippen LogP contribution in [0.15, 0.2) is 83.8 Å². The Hall–Kier alpha value is -4.23. The average Bonchev–Trinajstić information content (AvgIpc) is 3.16. The van der Waals surface area contributed by atoms with E-state index in [9.17, 15) is 4.79 Å². The summed E-state index contributed by atoms with van der Waals surface area (Å²) in [5.74, 6) is -1.08. The molecule has 0 aliphatic heterocycles. The fourth-order valence-corrected chi connectivity index (χ4v) is 3.86. The standard InChI is InChI=1S/C24H20N4O.C2H4O2/c25-13-16-6-5-7-17(12-16)14-28-15-19(18-8-1-4-11-22(18)28)23-24(29)27-21-10-3-2-9-20(21)26-23;1-2(3)4/h1-12,15H,13-14,25H2,(H,27,29);1H3,(H,3,4). The van der Waals surface area contributed by atoms with Gasteiger partial charge >= 0.3 is 0 Å². The number of aliphatic carboxylic acids is 1. The number of fused-ring (bicyclic) bond motifs is 2. The Kier molecular flexibility index (Phi) is 6.33. The zero-order valence-electron chi connectivity index (χ0n) is 18.2. The van der Waals surface area contributed by atoms with Crippen molar-refractivity contribution in [3.05, 3.63) is 100 Å². The molecule has 0 fully saturated rings. The first kappa shape index (κ1) is 22.0. The maximum absolute atomic E-state index is 12.8. The molecule has 0 saturated carbocycles. The third-order valence-electron chi connectivity index (χ3n) is 5.28. The van der Waals surface area contributed by atoms with Crippen molar-refractivity contribution >= 4 is 27.9 Å². The quantitative estimate of drug-likeness (QED) is 0.445. The highest BCUT2D eigenvalue weighted by Crippen LogP contribution is 2.29. The second kappa shape index (κ2) is 9.50. The number of aromatic amines is 1. The minimum atomic E-state index is -1.08. The fourth-order valence-electron chi connectivity index (χ4n) is 3.86. The molecule has 0 aliphatic carbocycles. The Labute approximate surface area is 190 Å². The van der Waals surface area contributed by atoms with Gasteiger partial charge in [0, 0.05) is 40.7 Å². The number of nitrogens with one attached hydrogen (secondary N) is 1. The molecule has 7 nitrogen and oxygen atoms in total. The minimum Gasteiger partial charge on any atom is -0.550 e. The average molecular weight is 441 g/mol. The first-order chi connectivity index (χ1) is 16.0. The minimum absolute atomic E-state index is 0.175. The predicted molar refractivity (Wildman–Crippen MR) is 126 cm³/mol. The highest BCUT2D eigenvalue weighted by atomic mass is 16.4. The lowest BCUT2D eigenvalue weighted by Gasteiger charge is -2.06. The van der Waals surface area contributed by atoms with Crippen LogP contribution in [-0.4, -0.2) is 20.5 Å². The maximum atomic E-state index is 12.8. The lowest BCUT2D eigenvalue weighted by Crippen LogP contribution is -2.47. The highest BCUT2D eigenvalue weighted by Gasteiger charge is 2.15. The number of H-pyrrole nitrogens is 1. The Morgan fingerprint density at radius 2 is 1.73 bits per heavy atom. The van der Waals surface area contributed by atoms with Gasteiger partial charge in [0.1, 0.15) is 5.69 Å². The van der Waals surface area contributed by atoms with Crippen LogP contribution in [0.4, 0.5) is 0 Å². The van der Waals surface area contributed by atoms with Gasteiger partial charge in [-0.3, -0.25) is 4.79 Å². The van der Waals surface area contributed by atoms with Gasteiger partial charge in [-0.2, -0.15) is 0 Å². The summed E-state index contributed by atoms with van der Waals surface area (Å²) in [6, 6.07) is 24.2. The second-order valence-electron chi connectivity index (χ2n) is 7.68. The van der Waals surface area contributed by atoms with Crippen molar-refractivity contribution < 1.29 is 15.6 Å².